The number of hydrogen-bond donors (Lipinski definition) is 1. The summed E-state index contributed by atoms with van der Waals surface area (Å²) >= 11 is 12.0. The number of hydrogen-bond acceptors (Lipinski definition) is 1. The number of benzene rings is 2. The lowest BCUT2D eigenvalue weighted by molar-refractivity contribution is 0.0908. The topological polar surface area (TPSA) is 29.1 Å². The van der Waals surface area contributed by atoms with Crippen LogP contribution in [0.25, 0.3) is 0 Å². The van der Waals surface area contributed by atoms with Gasteiger partial charge < -0.3 is 5.32 Å². The average molecular weight is 326 g/mol. The maximum Gasteiger partial charge on any atom is 0.254 e. The van der Waals surface area contributed by atoms with Crippen LogP contribution in [0.4, 0.5) is 4.39 Å². The fourth-order valence-corrected chi connectivity index (χ4v) is 2.70. The van der Waals surface area contributed by atoms with Gasteiger partial charge in [0.1, 0.15) is 5.82 Å². The monoisotopic (exact) mass is 325 g/mol. The third-order valence-corrected chi connectivity index (χ3v) is 3.70. The van der Waals surface area contributed by atoms with Crippen molar-refractivity contribution in [2.75, 3.05) is 0 Å². The van der Waals surface area contributed by atoms with Crippen molar-refractivity contribution < 1.29 is 9.18 Å². The minimum absolute atomic E-state index is 0.00402. The van der Waals surface area contributed by atoms with Crippen molar-refractivity contribution in [2.45, 2.75) is 19.4 Å². The van der Waals surface area contributed by atoms with Gasteiger partial charge in [-0.3, -0.25) is 4.79 Å². The summed E-state index contributed by atoms with van der Waals surface area (Å²) in [5.74, 6) is -1.06. The van der Waals surface area contributed by atoms with Crippen LogP contribution in [0.3, 0.4) is 0 Å². The van der Waals surface area contributed by atoms with Crippen LogP contribution in [0, 0.1) is 5.82 Å². The van der Waals surface area contributed by atoms with E-state index in [1.54, 1.807) is 38.1 Å². The molecule has 0 aromatic heterocycles. The molecule has 0 aliphatic heterocycles. The number of nitrogens with one attached hydrogen (secondary N) is 1. The lowest BCUT2D eigenvalue weighted by atomic mass is 9.93. The first-order valence-electron chi connectivity index (χ1n) is 6.34. The molecule has 1 amide bonds. The van der Waals surface area contributed by atoms with E-state index >= 15 is 0 Å². The lowest BCUT2D eigenvalue weighted by Gasteiger charge is -2.28. The van der Waals surface area contributed by atoms with Gasteiger partial charge in [0.2, 0.25) is 0 Å². The molecule has 0 unspecified atom stereocenters. The van der Waals surface area contributed by atoms with Crippen LogP contribution >= 0.6 is 23.2 Å². The van der Waals surface area contributed by atoms with E-state index in [0.717, 1.165) is 0 Å². The summed E-state index contributed by atoms with van der Waals surface area (Å²) in [6, 6.07) is 10.9. The summed E-state index contributed by atoms with van der Waals surface area (Å²) in [5.41, 5.74) is -0.0602. The van der Waals surface area contributed by atoms with Crippen molar-refractivity contribution in [2.24, 2.45) is 0 Å². The molecule has 2 aromatic rings. The Hall–Kier alpha value is -1.58. The molecule has 0 aliphatic carbocycles. The molecule has 2 nitrogen and oxygen atoms in total. The molecule has 1 N–H and O–H groups in total. The van der Waals surface area contributed by atoms with E-state index in [0.29, 0.717) is 15.6 Å². The SMILES string of the molecule is CC(C)(NC(=O)c1ccccc1F)c1ccc(Cl)cc1Cl. The molecule has 0 bridgehead atoms. The third-order valence-electron chi connectivity index (χ3n) is 3.15. The van der Waals surface area contributed by atoms with Crippen LogP contribution in [0.1, 0.15) is 29.8 Å². The van der Waals surface area contributed by atoms with E-state index in [1.165, 1.54) is 18.2 Å². The van der Waals surface area contributed by atoms with Crippen molar-refractivity contribution in [3.05, 3.63) is 69.5 Å². The van der Waals surface area contributed by atoms with Gasteiger partial charge in [-0.05, 0) is 43.7 Å². The Morgan fingerprint density at radius 1 is 1.14 bits per heavy atom. The first kappa shape index (κ1) is 15.8. The van der Waals surface area contributed by atoms with E-state index in [2.05, 4.69) is 5.32 Å². The zero-order valence-corrected chi connectivity index (χ0v) is 13.1. The molecule has 0 saturated heterocycles. The number of halogens is 3. The summed E-state index contributed by atoms with van der Waals surface area (Å²) in [7, 11) is 0. The highest BCUT2D eigenvalue weighted by atomic mass is 35.5. The molecule has 2 rings (SSSR count). The van der Waals surface area contributed by atoms with Crippen LogP contribution < -0.4 is 5.32 Å². The van der Waals surface area contributed by atoms with E-state index in [-0.39, 0.29) is 5.56 Å². The van der Waals surface area contributed by atoms with Crippen molar-refractivity contribution in [1.29, 1.82) is 0 Å². The molecule has 0 saturated carbocycles. The molecular weight excluding hydrogens is 312 g/mol. The highest BCUT2D eigenvalue weighted by Gasteiger charge is 2.26. The van der Waals surface area contributed by atoms with Gasteiger partial charge in [-0.15, -0.1) is 0 Å². The Morgan fingerprint density at radius 2 is 1.81 bits per heavy atom. The van der Waals surface area contributed by atoms with Gasteiger partial charge in [-0.1, -0.05) is 41.4 Å². The van der Waals surface area contributed by atoms with Crippen molar-refractivity contribution in [1.82, 2.24) is 5.32 Å². The van der Waals surface area contributed by atoms with Gasteiger partial charge in [-0.2, -0.15) is 0 Å². The molecule has 0 spiro atoms. The second-order valence-corrected chi connectivity index (χ2v) is 6.03. The molecule has 0 radical (unpaired) electrons. The van der Waals surface area contributed by atoms with E-state index in [1.807, 2.05) is 0 Å². The zero-order valence-electron chi connectivity index (χ0n) is 11.6. The lowest BCUT2D eigenvalue weighted by Crippen LogP contribution is -2.41. The van der Waals surface area contributed by atoms with Gasteiger partial charge >= 0.3 is 0 Å². The first-order chi connectivity index (χ1) is 9.81. The van der Waals surface area contributed by atoms with Gasteiger partial charge in [-0.25, -0.2) is 4.39 Å². The zero-order chi connectivity index (χ0) is 15.6. The van der Waals surface area contributed by atoms with Crippen LogP contribution in [-0.2, 0) is 5.54 Å². The first-order valence-corrected chi connectivity index (χ1v) is 7.09. The highest BCUT2D eigenvalue weighted by molar-refractivity contribution is 6.35. The fraction of sp³-hybridized carbons (Fsp3) is 0.188. The summed E-state index contributed by atoms with van der Waals surface area (Å²) < 4.78 is 13.6. The number of carbonyl (C=O) groups is 1. The van der Waals surface area contributed by atoms with E-state index in [9.17, 15) is 9.18 Å². The molecule has 0 atom stereocenters. The fourth-order valence-electron chi connectivity index (χ4n) is 2.06. The largest absolute Gasteiger partial charge is 0.343 e. The number of amides is 1. The summed E-state index contributed by atoms with van der Waals surface area (Å²) in [5, 5.41) is 3.74. The van der Waals surface area contributed by atoms with Crippen LogP contribution in [0.2, 0.25) is 10.0 Å². The minimum Gasteiger partial charge on any atom is -0.343 e. The smallest absolute Gasteiger partial charge is 0.254 e. The predicted octanol–water partition coefficient (Wildman–Crippen LogP) is 4.80. The Kier molecular flexibility index (Phi) is 4.55. The van der Waals surface area contributed by atoms with Crippen molar-refractivity contribution in [3.8, 4) is 0 Å². The molecule has 21 heavy (non-hydrogen) atoms. The molecule has 0 aliphatic rings. The van der Waals surface area contributed by atoms with Gasteiger partial charge in [0.25, 0.3) is 5.91 Å². The predicted molar refractivity (Wildman–Crippen MR) is 83.4 cm³/mol. The molecule has 0 fully saturated rings. The highest BCUT2D eigenvalue weighted by Crippen LogP contribution is 2.30. The van der Waals surface area contributed by atoms with E-state index in [4.69, 9.17) is 23.2 Å². The molecule has 110 valence electrons. The summed E-state index contributed by atoms with van der Waals surface area (Å²) in [4.78, 5) is 12.2. The van der Waals surface area contributed by atoms with Gasteiger partial charge in [0.05, 0.1) is 11.1 Å². The van der Waals surface area contributed by atoms with E-state index < -0.39 is 17.3 Å². The third kappa shape index (κ3) is 3.55. The summed E-state index contributed by atoms with van der Waals surface area (Å²) in [6.07, 6.45) is 0. The molecule has 0 heterocycles. The Bertz CT molecular complexity index is 686. The normalized spacial score (nSPS) is 11.3. The number of carbonyl (C=O) groups excluding carboxylic acids is 1. The standard InChI is InChI=1S/C16H14Cl2FNO/c1-16(2,12-8-7-10(17)9-13(12)18)20-15(21)11-5-3-4-6-14(11)19/h3-9H,1-2H3,(H,20,21). The molecule has 2 aromatic carbocycles. The Labute approximate surface area is 132 Å². The summed E-state index contributed by atoms with van der Waals surface area (Å²) in [6.45, 7) is 3.59. The number of rotatable bonds is 3. The minimum atomic E-state index is -0.763. The Balaban J connectivity index is 2.29. The van der Waals surface area contributed by atoms with Crippen LogP contribution in [0.15, 0.2) is 42.5 Å². The second-order valence-electron chi connectivity index (χ2n) is 5.18. The maximum absolute atomic E-state index is 13.6. The van der Waals surface area contributed by atoms with Crippen LogP contribution in [0.5, 0.6) is 0 Å². The maximum atomic E-state index is 13.6. The van der Waals surface area contributed by atoms with Crippen molar-refractivity contribution >= 4 is 29.1 Å². The quantitative estimate of drug-likeness (QED) is 0.863. The van der Waals surface area contributed by atoms with Gasteiger partial charge in [0.15, 0.2) is 0 Å². The van der Waals surface area contributed by atoms with Crippen LogP contribution in [-0.4, -0.2) is 5.91 Å². The molecule has 5 heteroatoms. The second kappa shape index (κ2) is 6.04. The average Bonchev–Trinajstić information content (AvgIpc) is 2.37. The van der Waals surface area contributed by atoms with Gasteiger partial charge in [0, 0.05) is 10.0 Å². The van der Waals surface area contributed by atoms with Crippen molar-refractivity contribution in [3.63, 3.8) is 0 Å². The molecular formula is C16H14Cl2FNO. The Morgan fingerprint density at radius 3 is 2.43 bits per heavy atom.